The smallest absolute Gasteiger partial charge is 0.136 e. The van der Waals surface area contributed by atoms with Gasteiger partial charge in [-0.25, -0.2) is 0 Å². The highest BCUT2D eigenvalue weighted by Gasteiger charge is 2.23. The van der Waals surface area contributed by atoms with Gasteiger partial charge in [0.2, 0.25) is 0 Å². The molecule has 180 valence electrons. The Labute approximate surface area is 224 Å². The fourth-order valence-corrected chi connectivity index (χ4v) is 6.89. The normalized spacial score (nSPS) is 12.1. The molecular formula is C38H22O. The number of fused-ring (bicyclic) bond motifs is 5. The predicted octanol–water partition coefficient (Wildman–Crippen LogP) is 11.0. The predicted molar refractivity (Wildman–Crippen MR) is 166 cm³/mol. The van der Waals surface area contributed by atoms with Gasteiger partial charge >= 0.3 is 0 Å². The molecule has 0 unspecified atom stereocenters. The molecule has 0 aliphatic heterocycles. The quantitative estimate of drug-likeness (QED) is 0.172. The third-order valence-corrected chi connectivity index (χ3v) is 8.41. The van der Waals surface area contributed by atoms with Gasteiger partial charge in [-0.15, -0.1) is 0 Å². The molecule has 1 aromatic heterocycles. The highest BCUT2D eigenvalue weighted by Crippen LogP contribution is 2.50. The number of benzene rings is 8. The first-order valence-electron chi connectivity index (χ1n) is 13.5. The van der Waals surface area contributed by atoms with Crippen molar-refractivity contribution in [3.05, 3.63) is 133 Å². The Balaban J connectivity index is 1.55. The van der Waals surface area contributed by atoms with Crippen LogP contribution in [0.15, 0.2) is 138 Å². The van der Waals surface area contributed by atoms with Crippen molar-refractivity contribution in [1.82, 2.24) is 0 Å². The molecule has 0 saturated carbocycles. The molecule has 0 spiro atoms. The Kier molecular flexibility index (Phi) is 4.11. The summed E-state index contributed by atoms with van der Waals surface area (Å²) in [6, 6.07) is 48.2. The summed E-state index contributed by atoms with van der Waals surface area (Å²) in [4.78, 5) is 0. The van der Waals surface area contributed by atoms with Crippen LogP contribution in [0.5, 0.6) is 0 Å². The SMILES string of the molecule is c1ccc(-c2c3ccccc3c(-c3ccc4oc5cccc6c7ccccc7c3c4c56)c3ccccc23)cc1. The van der Waals surface area contributed by atoms with Gasteiger partial charge in [-0.2, -0.15) is 0 Å². The van der Waals surface area contributed by atoms with Gasteiger partial charge in [-0.1, -0.05) is 115 Å². The fraction of sp³-hybridized carbons (Fsp3) is 0. The Bertz CT molecular complexity index is 2320. The minimum absolute atomic E-state index is 0.945. The molecule has 1 nitrogen and oxygen atoms in total. The lowest BCUT2D eigenvalue weighted by Crippen LogP contribution is -1.92. The largest absolute Gasteiger partial charge is 0.456 e. The molecule has 0 atom stereocenters. The van der Waals surface area contributed by atoms with E-state index in [4.69, 9.17) is 4.42 Å². The van der Waals surface area contributed by atoms with Crippen LogP contribution in [0.2, 0.25) is 0 Å². The van der Waals surface area contributed by atoms with E-state index in [2.05, 4.69) is 133 Å². The van der Waals surface area contributed by atoms with Crippen molar-refractivity contribution < 1.29 is 4.42 Å². The molecule has 8 aromatic carbocycles. The lowest BCUT2D eigenvalue weighted by atomic mass is 9.83. The molecule has 0 amide bonds. The van der Waals surface area contributed by atoms with Crippen LogP contribution in [0.4, 0.5) is 0 Å². The van der Waals surface area contributed by atoms with Crippen molar-refractivity contribution in [3.63, 3.8) is 0 Å². The summed E-state index contributed by atoms with van der Waals surface area (Å²) in [5.41, 5.74) is 6.95. The molecular weight excluding hydrogens is 472 g/mol. The van der Waals surface area contributed by atoms with Crippen molar-refractivity contribution >= 4 is 65.0 Å². The molecule has 9 aromatic rings. The minimum Gasteiger partial charge on any atom is -0.456 e. The van der Waals surface area contributed by atoms with E-state index in [0.717, 1.165) is 11.2 Å². The second kappa shape index (κ2) is 7.69. The Morgan fingerprint density at radius 2 is 0.821 bits per heavy atom. The molecule has 1 heterocycles. The average Bonchev–Trinajstić information content (AvgIpc) is 3.39. The molecule has 0 bridgehead atoms. The van der Waals surface area contributed by atoms with Gasteiger partial charge < -0.3 is 4.42 Å². The van der Waals surface area contributed by atoms with E-state index in [1.165, 1.54) is 76.1 Å². The zero-order chi connectivity index (χ0) is 25.5. The van der Waals surface area contributed by atoms with Crippen LogP contribution < -0.4 is 0 Å². The summed E-state index contributed by atoms with van der Waals surface area (Å²) >= 11 is 0. The summed E-state index contributed by atoms with van der Waals surface area (Å²) in [6.07, 6.45) is 0. The van der Waals surface area contributed by atoms with E-state index in [-0.39, 0.29) is 0 Å². The summed E-state index contributed by atoms with van der Waals surface area (Å²) in [6.45, 7) is 0. The second-order valence-electron chi connectivity index (χ2n) is 10.4. The van der Waals surface area contributed by atoms with Gasteiger partial charge in [0.05, 0.1) is 0 Å². The van der Waals surface area contributed by atoms with Gasteiger partial charge in [0, 0.05) is 16.2 Å². The second-order valence-corrected chi connectivity index (χ2v) is 10.4. The number of hydrogen-bond donors (Lipinski definition) is 0. The van der Waals surface area contributed by atoms with Crippen LogP contribution in [0, 0.1) is 0 Å². The molecule has 0 saturated heterocycles. The summed E-state index contributed by atoms with van der Waals surface area (Å²) < 4.78 is 6.43. The maximum absolute atomic E-state index is 6.43. The Morgan fingerprint density at radius 1 is 0.308 bits per heavy atom. The zero-order valence-electron chi connectivity index (χ0n) is 21.1. The van der Waals surface area contributed by atoms with Crippen LogP contribution in [0.3, 0.4) is 0 Å². The van der Waals surface area contributed by atoms with Crippen molar-refractivity contribution in [1.29, 1.82) is 0 Å². The maximum Gasteiger partial charge on any atom is 0.136 e. The average molecular weight is 495 g/mol. The molecule has 0 fully saturated rings. The first kappa shape index (κ1) is 20.9. The topological polar surface area (TPSA) is 13.1 Å². The zero-order valence-corrected chi connectivity index (χ0v) is 21.1. The van der Waals surface area contributed by atoms with Crippen LogP contribution in [-0.2, 0) is 0 Å². The summed E-state index contributed by atoms with van der Waals surface area (Å²) in [5.74, 6) is 0. The van der Waals surface area contributed by atoms with Gasteiger partial charge in [-0.05, 0) is 78.2 Å². The highest BCUT2D eigenvalue weighted by molar-refractivity contribution is 6.37. The van der Waals surface area contributed by atoms with E-state index in [9.17, 15) is 0 Å². The van der Waals surface area contributed by atoms with Crippen LogP contribution >= 0.6 is 0 Å². The van der Waals surface area contributed by atoms with Crippen molar-refractivity contribution in [2.24, 2.45) is 0 Å². The molecule has 39 heavy (non-hydrogen) atoms. The van der Waals surface area contributed by atoms with Crippen LogP contribution in [-0.4, -0.2) is 0 Å². The standard InChI is InChI=1S/C38H22O/c1-2-11-23(12-3-1)34-27-15-6-8-17-29(27)35(30-18-9-7-16-28(30)34)31-21-22-33-38-36(31)25-14-5-4-13-24(25)26-19-10-20-32(39-33)37(26)38/h1-22H. The fourth-order valence-electron chi connectivity index (χ4n) is 6.89. The van der Waals surface area contributed by atoms with Crippen LogP contribution in [0.25, 0.3) is 87.3 Å². The molecule has 0 N–H and O–H groups in total. The van der Waals surface area contributed by atoms with Gasteiger partial charge in [0.15, 0.2) is 0 Å². The highest BCUT2D eigenvalue weighted by atomic mass is 16.3. The van der Waals surface area contributed by atoms with E-state index < -0.39 is 0 Å². The van der Waals surface area contributed by atoms with Gasteiger partial charge in [0.25, 0.3) is 0 Å². The Morgan fingerprint density at radius 3 is 1.51 bits per heavy atom. The van der Waals surface area contributed by atoms with Crippen molar-refractivity contribution in [3.8, 4) is 22.3 Å². The first-order valence-corrected chi connectivity index (χ1v) is 13.5. The third-order valence-electron chi connectivity index (χ3n) is 8.41. The minimum atomic E-state index is 0.945. The summed E-state index contributed by atoms with van der Waals surface area (Å²) in [5, 5.41) is 12.6. The molecule has 1 heteroatoms. The van der Waals surface area contributed by atoms with Crippen LogP contribution in [0.1, 0.15) is 0 Å². The monoisotopic (exact) mass is 494 g/mol. The number of rotatable bonds is 2. The first-order chi connectivity index (χ1) is 19.4. The van der Waals surface area contributed by atoms with E-state index in [1.54, 1.807) is 0 Å². The number of hydrogen-bond acceptors (Lipinski definition) is 1. The van der Waals surface area contributed by atoms with Gasteiger partial charge in [0.1, 0.15) is 11.2 Å². The van der Waals surface area contributed by atoms with E-state index >= 15 is 0 Å². The van der Waals surface area contributed by atoms with Crippen molar-refractivity contribution in [2.45, 2.75) is 0 Å². The van der Waals surface area contributed by atoms with E-state index in [1.807, 2.05) is 0 Å². The third kappa shape index (κ3) is 2.74. The van der Waals surface area contributed by atoms with Crippen molar-refractivity contribution in [2.75, 3.05) is 0 Å². The molecule has 9 rings (SSSR count). The van der Waals surface area contributed by atoms with Gasteiger partial charge in [-0.3, -0.25) is 0 Å². The lowest BCUT2D eigenvalue weighted by molar-refractivity contribution is 0.669. The molecule has 0 aliphatic rings. The molecule has 0 aliphatic carbocycles. The summed E-state index contributed by atoms with van der Waals surface area (Å²) in [7, 11) is 0. The Hall–Kier alpha value is -5.14. The lowest BCUT2D eigenvalue weighted by Gasteiger charge is -2.19. The molecule has 0 radical (unpaired) electrons. The number of furan rings is 1. The van der Waals surface area contributed by atoms with E-state index in [0.29, 0.717) is 0 Å². The maximum atomic E-state index is 6.43.